The van der Waals surface area contributed by atoms with E-state index >= 15 is 0 Å². The van der Waals surface area contributed by atoms with E-state index in [4.69, 9.17) is 0 Å². The molecule has 0 amide bonds. The largest absolute Gasteiger partial charge is 0.305 e. The summed E-state index contributed by atoms with van der Waals surface area (Å²) in [6.07, 6.45) is 0.367. The van der Waals surface area contributed by atoms with Crippen molar-refractivity contribution in [1.82, 2.24) is 4.90 Å². The van der Waals surface area contributed by atoms with Crippen LogP contribution in [0.1, 0.15) is 17.9 Å². The maximum Gasteiger partial charge on any atom is 0.221 e. The van der Waals surface area contributed by atoms with Gasteiger partial charge in [-0.3, -0.25) is 14.9 Å². The van der Waals surface area contributed by atoms with Gasteiger partial charge in [0.1, 0.15) is 5.78 Å². The summed E-state index contributed by atoms with van der Waals surface area (Å²) in [4.78, 5) is 25.8. The van der Waals surface area contributed by atoms with Gasteiger partial charge in [0.05, 0.1) is 5.92 Å². The number of rotatable bonds is 2. The minimum Gasteiger partial charge on any atom is -0.305 e. The zero-order valence-electron chi connectivity index (χ0n) is 11.4. The SMILES string of the molecule is CN1C[C@@H]2C[C@H]([N+](=O)[O-])[C@@H](c3ccccc3)[C@H](C1)C2=O. The highest BCUT2D eigenvalue weighted by molar-refractivity contribution is 5.86. The number of nitro groups is 1. The average Bonchev–Trinajstić information content (AvgIpc) is 2.41. The first-order valence-electron chi connectivity index (χ1n) is 6.98. The van der Waals surface area contributed by atoms with Gasteiger partial charge in [0.25, 0.3) is 0 Å². The van der Waals surface area contributed by atoms with E-state index in [0.717, 1.165) is 5.56 Å². The van der Waals surface area contributed by atoms with Crippen molar-refractivity contribution in [3.8, 4) is 0 Å². The quantitative estimate of drug-likeness (QED) is 0.606. The first-order valence-corrected chi connectivity index (χ1v) is 6.98. The lowest BCUT2D eigenvalue weighted by Gasteiger charge is -2.43. The van der Waals surface area contributed by atoms with Crippen LogP contribution in [-0.4, -0.2) is 41.8 Å². The number of fused-ring (bicyclic) bond motifs is 2. The van der Waals surface area contributed by atoms with Crippen LogP contribution >= 0.6 is 0 Å². The van der Waals surface area contributed by atoms with E-state index in [1.54, 1.807) is 0 Å². The van der Waals surface area contributed by atoms with Crippen molar-refractivity contribution in [1.29, 1.82) is 0 Å². The van der Waals surface area contributed by atoms with Crippen LogP contribution in [0.25, 0.3) is 0 Å². The molecule has 0 aromatic heterocycles. The van der Waals surface area contributed by atoms with Gasteiger partial charge in [-0.1, -0.05) is 30.3 Å². The summed E-state index contributed by atoms with van der Waals surface area (Å²) >= 11 is 0. The maximum absolute atomic E-state index is 12.5. The first kappa shape index (κ1) is 13.2. The van der Waals surface area contributed by atoms with Gasteiger partial charge >= 0.3 is 0 Å². The Balaban J connectivity index is 2.02. The molecule has 1 saturated heterocycles. The Morgan fingerprint density at radius 3 is 2.60 bits per heavy atom. The Kier molecular flexibility index (Phi) is 3.30. The summed E-state index contributed by atoms with van der Waals surface area (Å²) in [5, 5.41) is 11.4. The monoisotopic (exact) mass is 274 g/mol. The van der Waals surface area contributed by atoms with Gasteiger partial charge in [-0.25, -0.2) is 0 Å². The van der Waals surface area contributed by atoms with Crippen LogP contribution in [0.2, 0.25) is 0 Å². The van der Waals surface area contributed by atoms with E-state index in [1.807, 2.05) is 37.4 Å². The van der Waals surface area contributed by atoms with Crippen LogP contribution in [0.3, 0.4) is 0 Å². The van der Waals surface area contributed by atoms with E-state index in [2.05, 4.69) is 4.90 Å². The molecule has 2 fully saturated rings. The molecular weight excluding hydrogens is 256 g/mol. The second kappa shape index (κ2) is 4.98. The summed E-state index contributed by atoms with van der Waals surface area (Å²) in [5.74, 6) is -0.493. The molecule has 1 aromatic rings. The van der Waals surface area contributed by atoms with Gasteiger partial charge < -0.3 is 4.90 Å². The molecule has 0 radical (unpaired) electrons. The van der Waals surface area contributed by atoms with E-state index < -0.39 is 6.04 Å². The second-order valence-corrected chi connectivity index (χ2v) is 5.95. The van der Waals surface area contributed by atoms with E-state index in [9.17, 15) is 14.9 Å². The molecule has 20 heavy (non-hydrogen) atoms. The maximum atomic E-state index is 12.5. The van der Waals surface area contributed by atoms with E-state index in [-0.39, 0.29) is 28.5 Å². The smallest absolute Gasteiger partial charge is 0.221 e. The number of Topliss-reactive ketones (excluding diaryl/α,β-unsaturated/α-hetero) is 1. The number of hydrogen-bond acceptors (Lipinski definition) is 4. The van der Waals surface area contributed by atoms with Crippen LogP contribution < -0.4 is 0 Å². The van der Waals surface area contributed by atoms with Gasteiger partial charge in [0.2, 0.25) is 6.04 Å². The molecule has 0 unspecified atom stereocenters. The molecule has 5 nitrogen and oxygen atoms in total. The highest BCUT2D eigenvalue weighted by Gasteiger charge is 2.52. The van der Waals surface area contributed by atoms with Crippen molar-refractivity contribution in [2.75, 3.05) is 20.1 Å². The number of nitrogens with zero attached hydrogens (tertiary/aromatic N) is 2. The molecule has 3 rings (SSSR count). The van der Waals surface area contributed by atoms with Crippen LogP contribution in [-0.2, 0) is 4.79 Å². The summed E-state index contributed by atoms with van der Waals surface area (Å²) in [6.45, 7) is 1.28. The molecule has 1 aliphatic heterocycles. The second-order valence-electron chi connectivity index (χ2n) is 5.95. The molecule has 2 bridgehead atoms. The standard InChI is InChI=1S/C15H18N2O3/c1-16-8-11-7-13(17(19)20)14(12(9-16)15(11)18)10-5-3-2-4-6-10/h2-6,11-14H,7-9H2,1H3/t11-,12-,13-,14-/m0/s1. The molecule has 0 N–H and O–H groups in total. The summed E-state index contributed by atoms with van der Waals surface area (Å²) in [7, 11) is 1.99. The summed E-state index contributed by atoms with van der Waals surface area (Å²) in [5.41, 5.74) is 0.918. The molecule has 5 heteroatoms. The number of benzene rings is 1. The van der Waals surface area contributed by atoms with Crippen LogP contribution in [0.4, 0.5) is 0 Å². The van der Waals surface area contributed by atoms with Crippen LogP contribution in [0.15, 0.2) is 30.3 Å². The minimum atomic E-state index is -0.640. The zero-order chi connectivity index (χ0) is 14.3. The van der Waals surface area contributed by atoms with Gasteiger partial charge in [-0.2, -0.15) is 0 Å². The molecule has 106 valence electrons. The Bertz CT molecular complexity index is 531. The van der Waals surface area contributed by atoms with Crippen molar-refractivity contribution < 1.29 is 9.72 Å². The summed E-state index contributed by atoms with van der Waals surface area (Å²) in [6, 6.07) is 8.83. The van der Waals surface area contributed by atoms with Gasteiger partial charge in [-0.05, 0) is 12.6 Å². The van der Waals surface area contributed by atoms with Crippen molar-refractivity contribution in [3.05, 3.63) is 46.0 Å². The fourth-order valence-corrected chi connectivity index (χ4v) is 3.80. The fourth-order valence-electron chi connectivity index (χ4n) is 3.80. The highest BCUT2D eigenvalue weighted by atomic mass is 16.6. The van der Waals surface area contributed by atoms with Crippen molar-refractivity contribution in [2.45, 2.75) is 18.4 Å². The van der Waals surface area contributed by atoms with Gasteiger partial charge in [0.15, 0.2) is 0 Å². The molecule has 4 atom stereocenters. The predicted molar refractivity (Wildman–Crippen MR) is 74.1 cm³/mol. The zero-order valence-corrected chi connectivity index (χ0v) is 11.4. The number of hydrogen-bond donors (Lipinski definition) is 0. The fraction of sp³-hybridized carbons (Fsp3) is 0.533. The topological polar surface area (TPSA) is 63.4 Å². The Labute approximate surface area is 117 Å². The van der Waals surface area contributed by atoms with Crippen molar-refractivity contribution >= 4 is 5.78 Å². The number of carbonyl (C=O) groups excluding carboxylic acids is 1. The van der Waals surface area contributed by atoms with E-state index in [1.165, 1.54) is 0 Å². The highest BCUT2D eigenvalue weighted by Crippen LogP contribution is 2.42. The van der Waals surface area contributed by atoms with Crippen molar-refractivity contribution in [3.63, 3.8) is 0 Å². The van der Waals surface area contributed by atoms with Crippen LogP contribution in [0.5, 0.6) is 0 Å². The molecule has 2 aliphatic rings. The predicted octanol–water partition coefficient (Wildman–Crippen LogP) is 1.57. The first-order chi connectivity index (χ1) is 9.58. The molecule has 1 saturated carbocycles. The molecule has 1 aromatic carbocycles. The number of likely N-dealkylation sites (tertiary alicyclic amines) is 1. The summed E-state index contributed by atoms with van der Waals surface area (Å²) < 4.78 is 0. The number of carbonyl (C=O) groups is 1. The third-order valence-corrected chi connectivity index (χ3v) is 4.64. The lowest BCUT2D eigenvalue weighted by atomic mass is 9.65. The van der Waals surface area contributed by atoms with Crippen LogP contribution in [0, 0.1) is 22.0 Å². The van der Waals surface area contributed by atoms with Gasteiger partial charge in [0, 0.05) is 36.3 Å². The molecule has 1 aliphatic carbocycles. The lowest BCUT2D eigenvalue weighted by Crippen LogP contribution is -2.55. The Hall–Kier alpha value is -1.75. The Morgan fingerprint density at radius 1 is 1.25 bits per heavy atom. The van der Waals surface area contributed by atoms with Crippen molar-refractivity contribution in [2.24, 2.45) is 11.8 Å². The average molecular weight is 274 g/mol. The Morgan fingerprint density at radius 2 is 1.95 bits per heavy atom. The minimum absolute atomic E-state index is 0.172. The molecule has 1 heterocycles. The molecular formula is C15H18N2O3. The number of piperidine rings is 1. The van der Waals surface area contributed by atoms with E-state index in [0.29, 0.717) is 19.5 Å². The molecule has 0 spiro atoms. The third kappa shape index (κ3) is 2.12. The lowest BCUT2D eigenvalue weighted by molar-refractivity contribution is -0.532. The normalized spacial score (nSPS) is 34.0. The third-order valence-electron chi connectivity index (χ3n) is 4.64. The van der Waals surface area contributed by atoms with Gasteiger partial charge in [-0.15, -0.1) is 0 Å². The number of ketones is 1.